The molecule has 1 aliphatic rings. The number of aromatic nitrogens is 4. The van der Waals surface area contributed by atoms with Crippen LogP contribution in [0, 0.1) is 5.92 Å². The first-order valence-electron chi connectivity index (χ1n) is 12.1. The van der Waals surface area contributed by atoms with Gasteiger partial charge in [-0.1, -0.05) is 33.0 Å². The van der Waals surface area contributed by atoms with Gasteiger partial charge in [0.15, 0.2) is 16.7 Å². The third kappa shape index (κ3) is 5.65. The molecule has 0 aliphatic heterocycles. The van der Waals surface area contributed by atoms with Gasteiger partial charge in [0.05, 0.1) is 24.9 Å². The average Bonchev–Trinajstić information content (AvgIpc) is 3.42. The minimum Gasteiger partial charge on any atom is -0.361 e. The fraction of sp³-hybridized carbons (Fsp3) is 0.667. The van der Waals surface area contributed by atoms with Crippen LogP contribution < -0.4 is 4.57 Å². The van der Waals surface area contributed by atoms with E-state index in [0.29, 0.717) is 12.6 Å². The fourth-order valence-corrected chi connectivity index (χ4v) is 7.03. The standard InChI is InChI=1S/C24H36F3N4OSSi/c1-6-17-11-19(33-15-24(25,26)27)12-20(17)23-29(2)14-18-13-28-22-21(31(18)23)7-8-30(22)16-32-9-10-34(3,4)5/h7-8,13-14,17,19-20H,6,9-12,15-16H2,1-5H3/q+1. The van der Waals surface area contributed by atoms with Gasteiger partial charge in [0.1, 0.15) is 12.9 Å². The molecule has 1 fully saturated rings. The summed E-state index contributed by atoms with van der Waals surface area (Å²) in [6, 6.07) is 3.20. The molecule has 0 bridgehead atoms. The summed E-state index contributed by atoms with van der Waals surface area (Å²) in [7, 11) is 0.893. The number of ether oxygens (including phenoxy) is 1. The van der Waals surface area contributed by atoms with E-state index >= 15 is 0 Å². The number of halogens is 3. The summed E-state index contributed by atoms with van der Waals surface area (Å²) in [5.41, 5.74) is 2.89. The van der Waals surface area contributed by atoms with Gasteiger partial charge in [0, 0.05) is 32.2 Å². The molecule has 10 heteroatoms. The van der Waals surface area contributed by atoms with E-state index in [1.165, 1.54) is 0 Å². The number of thioether (sulfide) groups is 1. The highest BCUT2D eigenvalue weighted by Crippen LogP contribution is 2.46. The van der Waals surface area contributed by atoms with Crippen molar-refractivity contribution in [2.75, 3.05) is 12.4 Å². The van der Waals surface area contributed by atoms with Gasteiger partial charge in [0.2, 0.25) is 0 Å². The summed E-state index contributed by atoms with van der Waals surface area (Å²) in [4.78, 5) is 4.72. The van der Waals surface area contributed by atoms with E-state index in [0.717, 1.165) is 66.2 Å². The van der Waals surface area contributed by atoms with E-state index in [2.05, 4.69) is 47.8 Å². The summed E-state index contributed by atoms with van der Waals surface area (Å²) in [5, 5.41) is 0.0313. The maximum atomic E-state index is 12.8. The van der Waals surface area contributed by atoms with Crippen LogP contribution in [0.1, 0.15) is 37.9 Å². The summed E-state index contributed by atoms with van der Waals surface area (Å²) < 4.78 is 50.9. The Morgan fingerprint density at radius 3 is 2.71 bits per heavy atom. The maximum absolute atomic E-state index is 12.8. The van der Waals surface area contributed by atoms with Gasteiger partial charge in [-0.05, 0) is 24.8 Å². The molecule has 1 aliphatic carbocycles. The number of rotatable bonds is 9. The van der Waals surface area contributed by atoms with E-state index in [1.807, 2.05) is 24.0 Å². The summed E-state index contributed by atoms with van der Waals surface area (Å²) in [6.45, 7) is 10.4. The Hall–Kier alpha value is -1.52. The number of hydrogen-bond donors (Lipinski definition) is 0. The van der Waals surface area contributed by atoms with Crippen molar-refractivity contribution in [2.45, 2.75) is 75.9 Å². The zero-order valence-corrected chi connectivity index (χ0v) is 22.5. The second-order valence-corrected chi connectivity index (χ2v) is 17.7. The number of hydrogen-bond acceptors (Lipinski definition) is 3. The van der Waals surface area contributed by atoms with E-state index < -0.39 is 20.0 Å². The molecule has 3 aromatic heterocycles. The Balaban J connectivity index is 1.61. The van der Waals surface area contributed by atoms with Crippen LogP contribution in [0.4, 0.5) is 13.2 Å². The molecule has 5 nitrogen and oxygen atoms in total. The quantitative estimate of drug-likeness (QED) is 0.200. The van der Waals surface area contributed by atoms with Crippen molar-refractivity contribution in [3.8, 4) is 0 Å². The van der Waals surface area contributed by atoms with Gasteiger partial charge in [-0.3, -0.25) is 0 Å². The lowest BCUT2D eigenvalue weighted by Crippen LogP contribution is -2.34. The lowest BCUT2D eigenvalue weighted by Gasteiger charge is -2.15. The van der Waals surface area contributed by atoms with Gasteiger partial charge < -0.3 is 9.30 Å². The molecule has 34 heavy (non-hydrogen) atoms. The van der Waals surface area contributed by atoms with Crippen molar-refractivity contribution in [2.24, 2.45) is 13.0 Å². The molecule has 0 spiro atoms. The van der Waals surface area contributed by atoms with Crippen LogP contribution in [0.3, 0.4) is 0 Å². The zero-order chi connectivity index (χ0) is 24.7. The SMILES string of the molecule is CCC1CC(SCC(F)(F)F)CC1c1n2c(cnc3c2ccn3COCC[Si](C)(C)C)c[n+]1C. The summed E-state index contributed by atoms with van der Waals surface area (Å²) >= 11 is 1.07. The van der Waals surface area contributed by atoms with Gasteiger partial charge in [-0.25, -0.2) is 9.55 Å². The van der Waals surface area contributed by atoms with Crippen molar-refractivity contribution >= 4 is 36.5 Å². The zero-order valence-electron chi connectivity index (χ0n) is 20.7. The van der Waals surface area contributed by atoms with Gasteiger partial charge in [-0.15, -0.1) is 11.8 Å². The third-order valence-corrected chi connectivity index (χ3v) is 9.92. The third-order valence-electron chi connectivity index (χ3n) is 6.87. The van der Waals surface area contributed by atoms with Crippen LogP contribution in [0.2, 0.25) is 25.7 Å². The largest absolute Gasteiger partial charge is 0.397 e. The number of nitrogens with zero attached hydrogens (tertiary/aromatic N) is 4. The fourth-order valence-electron chi connectivity index (χ4n) is 5.12. The average molecular weight is 514 g/mol. The number of imidazole rings is 1. The Kier molecular flexibility index (Phi) is 7.41. The van der Waals surface area contributed by atoms with Crippen LogP contribution in [-0.2, 0) is 18.5 Å². The molecule has 188 valence electrons. The number of aryl methyl sites for hydroxylation is 1. The molecule has 0 amide bonds. The Morgan fingerprint density at radius 1 is 1.26 bits per heavy atom. The van der Waals surface area contributed by atoms with Gasteiger partial charge in [0.25, 0.3) is 5.82 Å². The highest BCUT2D eigenvalue weighted by atomic mass is 32.2. The highest BCUT2D eigenvalue weighted by molar-refractivity contribution is 7.99. The highest BCUT2D eigenvalue weighted by Gasteiger charge is 2.42. The summed E-state index contributed by atoms with van der Waals surface area (Å²) in [6.07, 6.45) is 4.42. The topological polar surface area (TPSA) is 35.3 Å². The smallest absolute Gasteiger partial charge is 0.361 e. The second-order valence-electron chi connectivity index (χ2n) is 10.8. The number of fused-ring (bicyclic) bond motifs is 3. The van der Waals surface area contributed by atoms with Crippen LogP contribution >= 0.6 is 11.8 Å². The van der Waals surface area contributed by atoms with E-state index in [1.54, 1.807) is 0 Å². The van der Waals surface area contributed by atoms with E-state index in [4.69, 9.17) is 9.72 Å². The van der Waals surface area contributed by atoms with Crippen molar-refractivity contribution in [1.29, 1.82) is 0 Å². The van der Waals surface area contributed by atoms with Gasteiger partial charge >= 0.3 is 6.18 Å². The minimum atomic E-state index is -4.12. The molecule has 3 heterocycles. The van der Waals surface area contributed by atoms with E-state index in [-0.39, 0.29) is 11.2 Å². The molecule has 3 aromatic rings. The number of alkyl halides is 3. The molecular weight excluding hydrogens is 477 g/mol. The lowest BCUT2D eigenvalue weighted by molar-refractivity contribution is -0.679. The van der Waals surface area contributed by atoms with Gasteiger partial charge in [-0.2, -0.15) is 17.6 Å². The van der Waals surface area contributed by atoms with Crippen molar-refractivity contribution in [3.63, 3.8) is 0 Å². The first kappa shape index (κ1) is 25.6. The Morgan fingerprint density at radius 2 is 2.03 bits per heavy atom. The van der Waals surface area contributed by atoms with Crippen LogP contribution in [0.25, 0.3) is 16.7 Å². The van der Waals surface area contributed by atoms with Crippen LogP contribution in [0.15, 0.2) is 24.7 Å². The molecule has 3 atom stereocenters. The van der Waals surface area contributed by atoms with Crippen molar-refractivity contribution < 1.29 is 22.5 Å². The normalized spacial score (nSPS) is 21.8. The van der Waals surface area contributed by atoms with E-state index in [9.17, 15) is 13.2 Å². The van der Waals surface area contributed by atoms with Crippen LogP contribution in [-0.4, -0.2) is 45.8 Å². The predicted octanol–water partition coefficient (Wildman–Crippen LogP) is 5.99. The Labute approximate surface area is 204 Å². The molecule has 0 aromatic carbocycles. The Bertz CT molecular complexity index is 1140. The van der Waals surface area contributed by atoms with Crippen molar-refractivity contribution in [3.05, 3.63) is 30.5 Å². The maximum Gasteiger partial charge on any atom is 0.397 e. The molecule has 0 radical (unpaired) electrons. The molecule has 4 rings (SSSR count). The minimum absolute atomic E-state index is 0.0313. The predicted molar refractivity (Wildman–Crippen MR) is 134 cm³/mol. The molecular formula is C24H36F3N4OSSi+. The molecule has 0 N–H and O–H groups in total. The molecule has 3 unspecified atom stereocenters. The lowest BCUT2D eigenvalue weighted by atomic mass is 9.93. The summed E-state index contributed by atoms with van der Waals surface area (Å²) in [5.74, 6) is 0.966. The second kappa shape index (κ2) is 9.85. The first-order valence-corrected chi connectivity index (χ1v) is 16.8. The molecule has 1 saturated carbocycles. The van der Waals surface area contributed by atoms with Crippen LogP contribution in [0.5, 0.6) is 0 Å². The monoisotopic (exact) mass is 513 g/mol. The van der Waals surface area contributed by atoms with Crippen molar-refractivity contribution in [1.82, 2.24) is 14.0 Å². The molecule has 0 saturated heterocycles. The first-order chi connectivity index (χ1) is 16.0.